The topological polar surface area (TPSA) is 144 Å². The fourth-order valence-electron chi connectivity index (χ4n) is 6.33. The van der Waals surface area contributed by atoms with E-state index in [1.54, 1.807) is 33.5 Å². The number of imidazole rings is 1. The van der Waals surface area contributed by atoms with Crippen LogP contribution >= 0.6 is 0 Å². The van der Waals surface area contributed by atoms with Gasteiger partial charge in [0.25, 0.3) is 0 Å². The molecule has 0 radical (unpaired) electrons. The quantitative estimate of drug-likeness (QED) is 0.147. The number of carbonyl (C=O) groups excluding carboxylic acids is 2. The Hall–Kier alpha value is -5.06. The molecule has 1 aliphatic carbocycles. The van der Waals surface area contributed by atoms with Gasteiger partial charge in [0.05, 0.1) is 44.1 Å². The van der Waals surface area contributed by atoms with Crippen molar-refractivity contribution in [1.29, 1.82) is 0 Å². The van der Waals surface area contributed by atoms with Crippen LogP contribution in [0, 0.1) is 5.92 Å². The lowest BCUT2D eigenvalue weighted by atomic mass is 9.95. The van der Waals surface area contributed by atoms with Gasteiger partial charge >= 0.3 is 0 Å². The van der Waals surface area contributed by atoms with Crippen LogP contribution in [0.2, 0.25) is 0 Å². The Labute approximate surface area is 280 Å². The highest BCUT2D eigenvalue weighted by atomic mass is 16.5. The van der Waals surface area contributed by atoms with Gasteiger partial charge in [-0.2, -0.15) is 0 Å². The average Bonchev–Trinajstić information content (AvgIpc) is 3.34. The average molecular weight is 656 g/mol. The minimum Gasteiger partial charge on any atom is -0.493 e. The van der Waals surface area contributed by atoms with Gasteiger partial charge < -0.3 is 35.1 Å². The molecule has 11 nitrogen and oxygen atoms in total. The maximum absolute atomic E-state index is 13.9. The van der Waals surface area contributed by atoms with Gasteiger partial charge in [0.1, 0.15) is 11.9 Å². The molecule has 3 aromatic carbocycles. The summed E-state index contributed by atoms with van der Waals surface area (Å²) in [6.45, 7) is 9.65. The molecule has 4 aromatic rings. The van der Waals surface area contributed by atoms with Crippen LogP contribution in [0.3, 0.4) is 0 Å². The van der Waals surface area contributed by atoms with Gasteiger partial charge in [-0.3, -0.25) is 14.4 Å². The third-order valence-electron chi connectivity index (χ3n) is 8.58. The van der Waals surface area contributed by atoms with Crippen molar-refractivity contribution in [3.05, 3.63) is 69.6 Å². The van der Waals surface area contributed by atoms with Crippen molar-refractivity contribution in [1.82, 2.24) is 15.3 Å². The first-order valence-corrected chi connectivity index (χ1v) is 16.3. The normalized spacial score (nSPS) is 14.5. The molecule has 0 saturated heterocycles. The zero-order valence-electron chi connectivity index (χ0n) is 28.9. The highest BCUT2D eigenvalue weighted by molar-refractivity contribution is 5.98. The summed E-state index contributed by atoms with van der Waals surface area (Å²) >= 11 is 0. The van der Waals surface area contributed by atoms with Gasteiger partial charge in [-0.15, -0.1) is 0 Å². The molecule has 0 fully saturated rings. The van der Waals surface area contributed by atoms with Gasteiger partial charge in [0.15, 0.2) is 11.5 Å². The zero-order chi connectivity index (χ0) is 34.7. The molecule has 11 heteroatoms. The molecule has 48 heavy (non-hydrogen) atoms. The molecule has 4 N–H and O–H groups in total. The summed E-state index contributed by atoms with van der Waals surface area (Å²) in [7, 11) is 4.67. The molecule has 1 aliphatic rings. The number of nitrogens with one attached hydrogen (secondary N) is 4. The number of anilines is 2. The number of aromatic nitrogens is 2. The molecule has 1 heterocycles. The number of aromatic amines is 1. The molecular weight excluding hydrogens is 610 g/mol. The number of nitrogens with zero attached hydrogens (tertiary/aromatic N) is 1. The molecule has 5 rings (SSSR count). The molecule has 0 bridgehead atoms. The number of benzene rings is 2. The largest absolute Gasteiger partial charge is 0.493 e. The van der Waals surface area contributed by atoms with E-state index < -0.39 is 12.1 Å². The summed E-state index contributed by atoms with van der Waals surface area (Å²) in [6, 6.07) is 11.4. The summed E-state index contributed by atoms with van der Waals surface area (Å²) < 4.78 is 17.2. The summed E-state index contributed by atoms with van der Waals surface area (Å²) in [6.07, 6.45) is 1.62. The number of hydrogen-bond acceptors (Lipinski definition) is 8. The van der Waals surface area contributed by atoms with E-state index in [0.717, 1.165) is 28.0 Å². The van der Waals surface area contributed by atoms with Crippen molar-refractivity contribution in [3.63, 3.8) is 0 Å². The lowest BCUT2D eigenvalue weighted by Gasteiger charge is -2.20. The van der Waals surface area contributed by atoms with Crippen molar-refractivity contribution in [2.75, 3.05) is 32.0 Å². The maximum atomic E-state index is 13.9. The molecule has 1 aromatic heterocycles. The smallest absolute Gasteiger partial charge is 0.246 e. The van der Waals surface area contributed by atoms with Gasteiger partial charge in [0, 0.05) is 24.1 Å². The van der Waals surface area contributed by atoms with E-state index >= 15 is 0 Å². The standard InChI is InChI=1S/C37H45N5O6/c1-19(2)15-30(37(45)39-23-10-13-27-29(17-23)42-36(41-27)20(3)4)40-28-14-11-24-25(18-31(28)44)26(38-21(5)43)12-9-22-16-32(46-6)34(47-7)35(48-8)33(22)24/h10-11,13-14,16-20,26,30H,9,12,15H2,1-8H3,(H,38,43)(H,39,45)(H,40,44)(H,41,42)/t26-,30+/m0/s1. The first kappa shape index (κ1) is 34.3. The van der Waals surface area contributed by atoms with E-state index in [1.165, 1.54) is 6.92 Å². The Balaban J connectivity index is 1.56. The molecule has 0 spiro atoms. The SMILES string of the molecule is COc1cc2c(c(OC)c1OC)-c1ccc(N[C@H](CC(C)C)C(=O)Nc3ccc4nc(C(C)C)[nH]c4c3)c(=O)cc1[C@@H](NC(C)=O)CC2. The van der Waals surface area contributed by atoms with Crippen molar-refractivity contribution in [3.8, 4) is 28.4 Å². The Kier molecular flexibility index (Phi) is 10.3. The number of hydrogen-bond donors (Lipinski definition) is 4. The Morgan fingerprint density at radius 2 is 1.73 bits per heavy atom. The van der Waals surface area contributed by atoms with Crippen molar-refractivity contribution in [2.45, 2.75) is 71.9 Å². The first-order chi connectivity index (χ1) is 22.9. The lowest BCUT2D eigenvalue weighted by Crippen LogP contribution is -2.37. The second kappa shape index (κ2) is 14.4. The van der Waals surface area contributed by atoms with Crippen LogP contribution < -0.4 is 35.6 Å². The molecule has 0 unspecified atom stereocenters. The van der Waals surface area contributed by atoms with Gasteiger partial charge in [-0.05, 0) is 78.3 Å². The van der Waals surface area contributed by atoms with Crippen molar-refractivity contribution in [2.24, 2.45) is 5.92 Å². The number of aryl methyl sites for hydroxylation is 1. The fraction of sp³-hybridized carbons (Fsp3) is 0.405. The van der Waals surface area contributed by atoms with E-state index in [9.17, 15) is 14.4 Å². The van der Waals surface area contributed by atoms with Crippen LogP contribution in [0.4, 0.5) is 11.4 Å². The molecule has 0 aliphatic heterocycles. The third-order valence-corrected chi connectivity index (χ3v) is 8.58. The summed E-state index contributed by atoms with van der Waals surface area (Å²) in [4.78, 5) is 48.0. The maximum Gasteiger partial charge on any atom is 0.246 e. The van der Waals surface area contributed by atoms with E-state index in [0.29, 0.717) is 53.3 Å². The predicted molar refractivity (Wildman–Crippen MR) is 188 cm³/mol. The number of carbonyl (C=O) groups is 2. The summed E-state index contributed by atoms with van der Waals surface area (Å²) in [5.41, 5.74) is 5.28. The van der Waals surface area contributed by atoms with Crippen LogP contribution in [-0.4, -0.2) is 49.2 Å². The van der Waals surface area contributed by atoms with Crippen LogP contribution in [0.5, 0.6) is 17.2 Å². The molecule has 0 saturated carbocycles. The minimum absolute atomic E-state index is 0.156. The number of ether oxygens (including phenoxy) is 3. The first-order valence-electron chi connectivity index (χ1n) is 16.3. The Bertz CT molecular complexity index is 1900. The third kappa shape index (κ3) is 7.10. The second-order valence-corrected chi connectivity index (χ2v) is 12.9. The molecule has 2 atom stereocenters. The summed E-state index contributed by atoms with van der Waals surface area (Å²) in [5, 5.41) is 9.31. The van der Waals surface area contributed by atoms with E-state index in [2.05, 4.69) is 39.8 Å². The minimum atomic E-state index is -0.707. The zero-order valence-corrected chi connectivity index (χ0v) is 28.9. The van der Waals surface area contributed by atoms with Crippen molar-refractivity contribution < 1.29 is 23.8 Å². The van der Waals surface area contributed by atoms with Gasteiger partial charge in [-0.1, -0.05) is 33.8 Å². The Morgan fingerprint density at radius 3 is 2.38 bits per heavy atom. The van der Waals surface area contributed by atoms with E-state index in [-0.39, 0.29) is 34.8 Å². The second-order valence-electron chi connectivity index (χ2n) is 12.9. The number of amides is 2. The fourth-order valence-corrected chi connectivity index (χ4v) is 6.33. The highest BCUT2D eigenvalue weighted by Gasteiger charge is 2.30. The van der Waals surface area contributed by atoms with E-state index in [4.69, 9.17) is 14.2 Å². The van der Waals surface area contributed by atoms with Crippen LogP contribution in [0.25, 0.3) is 22.2 Å². The monoisotopic (exact) mass is 655 g/mol. The van der Waals surface area contributed by atoms with Crippen LogP contribution in [0.1, 0.15) is 76.4 Å². The van der Waals surface area contributed by atoms with Crippen LogP contribution in [-0.2, 0) is 16.0 Å². The number of methoxy groups -OCH3 is 3. The Morgan fingerprint density at radius 1 is 0.979 bits per heavy atom. The predicted octanol–water partition coefficient (Wildman–Crippen LogP) is 6.33. The van der Waals surface area contributed by atoms with E-state index in [1.807, 2.05) is 44.2 Å². The number of rotatable bonds is 11. The molecular formula is C37H45N5O6. The van der Waals surface area contributed by atoms with Crippen molar-refractivity contribution >= 4 is 34.2 Å². The highest BCUT2D eigenvalue weighted by Crippen LogP contribution is 2.50. The van der Waals surface area contributed by atoms with Gasteiger partial charge in [-0.25, -0.2) is 4.98 Å². The number of fused-ring (bicyclic) bond motifs is 4. The molecule has 254 valence electrons. The number of H-pyrrole nitrogens is 1. The van der Waals surface area contributed by atoms with Crippen LogP contribution in [0.15, 0.2) is 47.3 Å². The summed E-state index contributed by atoms with van der Waals surface area (Å²) in [5.74, 6) is 2.22. The molecule has 2 amide bonds. The lowest BCUT2D eigenvalue weighted by molar-refractivity contribution is -0.120. The van der Waals surface area contributed by atoms with Gasteiger partial charge in [0.2, 0.25) is 23.0 Å².